The van der Waals surface area contributed by atoms with E-state index in [1.807, 2.05) is 13.0 Å². The number of rotatable bonds is 11. The molecule has 3 rings (SSSR count). The Hall–Kier alpha value is -2.31. The van der Waals surface area contributed by atoms with Crippen LogP contribution in [-0.4, -0.2) is 35.5 Å². The molecule has 2 aliphatic rings. The maximum absolute atomic E-state index is 12.7. The lowest BCUT2D eigenvalue weighted by molar-refractivity contribution is -0.118. The minimum absolute atomic E-state index is 0.124. The molecular formula is C19H28N4O3. The van der Waals surface area contributed by atoms with Gasteiger partial charge in [-0.1, -0.05) is 13.3 Å². The molecule has 1 aromatic rings. The Labute approximate surface area is 154 Å². The molecule has 0 bridgehead atoms. The third-order valence-corrected chi connectivity index (χ3v) is 4.61. The molecule has 7 nitrogen and oxygen atoms in total. The average molecular weight is 360 g/mol. The number of nitrogens with two attached hydrogens (primary N) is 1. The van der Waals surface area contributed by atoms with Gasteiger partial charge in [-0.15, -0.1) is 0 Å². The summed E-state index contributed by atoms with van der Waals surface area (Å²) in [7, 11) is 0. The van der Waals surface area contributed by atoms with Crippen LogP contribution in [0.2, 0.25) is 0 Å². The molecule has 1 atom stereocenters. The van der Waals surface area contributed by atoms with E-state index in [-0.39, 0.29) is 24.1 Å². The van der Waals surface area contributed by atoms with Gasteiger partial charge in [-0.2, -0.15) is 0 Å². The highest BCUT2D eigenvalue weighted by molar-refractivity contribution is 5.95. The van der Waals surface area contributed by atoms with Gasteiger partial charge in [-0.25, -0.2) is 4.98 Å². The van der Waals surface area contributed by atoms with Crippen LogP contribution in [0.4, 0.5) is 5.69 Å². The van der Waals surface area contributed by atoms with Gasteiger partial charge in [0.25, 0.3) is 5.91 Å². The van der Waals surface area contributed by atoms with E-state index in [2.05, 4.69) is 15.6 Å². The summed E-state index contributed by atoms with van der Waals surface area (Å²) in [6.45, 7) is 2.61. The highest BCUT2D eigenvalue weighted by Crippen LogP contribution is 2.32. The Morgan fingerprint density at radius 1 is 1.35 bits per heavy atom. The van der Waals surface area contributed by atoms with Crippen molar-refractivity contribution < 1.29 is 14.3 Å². The second-order valence-electron chi connectivity index (χ2n) is 7.37. The SMILES string of the molecule is CCC[C@@H](CC(N)=O)NC(=O)c1ncc(NC2CC2)cc1OCC1CC1. The van der Waals surface area contributed by atoms with E-state index in [9.17, 15) is 9.59 Å². The average Bonchev–Trinajstić information content (AvgIpc) is 3.48. The summed E-state index contributed by atoms with van der Waals surface area (Å²) >= 11 is 0. The largest absolute Gasteiger partial charge is 0.491 e. The molecule has 0 radical (unpaired) electrons. The van der Waals surface area contributed by atoms with E-state index in [1.165, 1.54) is 12.8 Å². The fourth-order valence-corrected chi connectivity index (χ4v) is 2.83. The number of aromatic nitrogens is 1. The van der Waals surface area contributed by atoms with Crippen molar-refractivity contribution in [1.29, 1.82) is 0 Å². The van der Waals surface area contributed by atoms with E-state index >= 15 is 0 Å². The predicted molar refractivity (Wildman–Crippen MR) is 99.1 cm³/mol. The molecule has 142 valence electrons. The zero-order valence-electron chi connectivity index (χ0n) is 15.3. The van der Waals surface area contributed by atoms with Crippen molar-refractivity contribution in [2.45, 2.75) is 64.0 Å². The van der Waals surface area contributed by atoms with Crippen molar-refractivity contribution in [3.05, 3.63) is 18.0 Å². The van der Waals surface area contributed by atoms with E-state index in [0.717, 1.165) is 24.9 Å². The van der Waals surface area contributed by atoms with Crippen LogP contribution in [0.5, 0.6) is 5.75 Å². The molecule has 1 heterocycles. The Morgan fingerprint density at radius 2 is 2.12 bits per heavy atom. The van der Waals surface area contributed by atoms with Gasteiger partial charge in [-0.3, -0.25) is 9.59 Å². The van der Waals surface area contributed by atoms with Crippen LogP contribution in [0.15, 0.2) is 12.3 Å². The summed E-state index contributed by atoms with van der Waals surface area (Å²) in [6, 6.07) is 2.07. The molecular weight excluding hydrogens is 332 g/mol. The lowest BCUT2D eigenvalue weighted by Crippen LogP contribution is -2.38. The van der Waals surface area contributed by atoms with Gasteiger partial charge < -0.3 is 21.1 Å². The van der Waals surface area contributed by atoms with Crippen LogP contribution < -0.4 is 21.1 Å². The molecule has 2 fully saturated rings. The quantitative estimate of drug-likeness (QED) is 0.561. The Kier molecular flexibility index (Phi) is 5.96. The summed E-state index contributed by atoms with van der Waals surface area (Å²) < 4.78 is 5.89. The number of anilines is 1. The molecule has 1 aromatic heterocycles. The van der Waals surface area contributed by atoms with Crippen LogP contribution in [0.1, 0.15) is 62.4 Å². The Balaban J connectivity index is 1.71. The van der Waals surface area contributed by atoms with Crippen LogP contribution in [-0.2, 0) is 4.79 Å². The molecule has 0 spiro atoms. The highest BCUT2D eigenvalue weighted by atomic mass is 16.5. The van der Waals surface area contributed by atoms with Gasteiger partial charge >= 0.3 is 0 Å². The van der Waals surface area contributed by atoms with Crippen molar-refractivity contribution in [1.82, 2.24) is 10.3 Å². The van der Waals surface area contributed by atoms with E-state index in [0.29, 0.717) is 30.7 Å². The zero-order valence-corrected chi connectivity index (χ0v) is 15.3. The zero-order chi connectivity index (χ0) is 18.5. The summed E-state index contributed by atoms with van der Waals surface area (Å²) in [4.78, 5) is 28.3. The first-order valence-corrected chi connectivity index (χ1v) is 9.53. The molecule has 0 saturated heterocycles. The summed E-state index contributed by atoms with van der Waals surface area (Å²) in [5, 5.41) is 6.26. The fraction of sp³-hybridized carbons (Fsp3) is 0.632. The van der Waals surface area contributed by atoms with Gasteiger partial charge in [0.05, 0.1) is 18.5 Å². The molecule has 26 heavy (non-hydrogen) atoms. The Bertz CT molecular complexity index is 656. The highest BCUT2D eigenvalue weighted by Gasteiger charge is 2.26. The first-order chi connectivity index (χ1) is 12.5. The second kappa shape index (κ2) is 8.38. The summed E-state index contributed by atoms with van der Waals surface area (Å²) in [5.74, 6) is 0.322. The maximum Gasteiger partial charge on any atom is 0.273 e. The van der Waals surface area contributed by atoms with Crippen LogP contribution >= 0.6 is 0 Å². The predicted octanol–water partition coefficient (Wildman–Crippen LogP) is 2.22. The number of hydrogen-bond donors (Lipinski definition) is 3. The smallest absolute Gasteiger partial charge is 0.273 e. The first kappa shape index (κ1) is 18.5. The molecule has 0 unspecified atom stereocenters. The number of carbonyl (C=O) groups excluding carboxylic acids is 2. The molecule has 7 heteroatoms. The molecule has 0 aromatic carbocycles. The van der Waals surface area contributed by atoms with E-state index < -0.39 is 5.91 Å². The third-order valence-electron chi connectivity index (χ3n) is 4.61. The number of nitrogens with one attached hydrogen (secondary N) is 2. The fourth-order valence-electron chi connectivity index (χ4n) is 2.83. The van der Waals surface area contributed by atoms with Crippen LogP contribution in [0.25, 0.3) is 0 Å². The number of pyridine rings is 1. The lowest BCUT2D eigenvalue weighted by atomic mass is 10.1. The normalized spacial score (nSPS) is 17.4. The number of carbonyl (C=O) groups is 2. The minimum atomic E-state index is -0.425. The molecule has 2 amide bonds. The minimum Gasteiger partial charge on any atom is -0.491 e. The maximum atomic E-state index is 12.7. The van der Waals surface area contributed by atoms with Gasteiger partial charge in [0.15, 0.2) is 11.4 Å². The lowest BCUT2D eigenvalue weighted by Gasteiger charge is -2.18. The molecule has 0 aliphatic heterocycles. The van der Waals surface area contributed by atoms with Crippen LogP contribution in [0.3, 0.4) is 0 Å². The molecule has 2 aliphatic carbocycles. The number of primary amides is 1. The van der Waals surface area contributed by atoms with Gasteiger partial charge in [0, 0.05) is 24.6 Å². The van der Waals surface area contributed by atoms with Crippen LogP contribution in [0, 0.1) is 5.92 Å². The number of hydrogen-bond acceptors (Lipinski definition) is 5. The molecule has 4 N–H and O–H groups in total. The standard InChI is InChI=1S/C19H28N4O3/c1-2-3-14(9-17(20)24)23-19(25)18-16(26-11-12-4-5-12)8-15(10-21-18)22-13-6-7-13/h8,10,12-14,22H,2-7,9,11H2,1H3,(H2,20,24)(H,23,25)/t14-/m0/s1. The first-order valence-electron chi connectivity index (χ1n) is 9.53. The topological polar surface area (TPSA) is 106 Å². The number of nitrogens with zero attached hydrogens (tertiary/aromatic N) is 1. The van der Waals surface area contributed by atoms with Gasteiger partial charge in [-0.05, 0) is 38.0 Å². The third kappa shape index (κ3) is 5.61. The van der Waals surface area contributed by atoms with Crippen molar-refractivity contribution in [3.8, 4) is 5.75 Å². The van der Waals surface area contributed by atoms with E-state index in [4.69, 9.17) is 10.5 Å². The van der Waals surface area contributed by atoms with Crippen molar-refractivity contribution >= 4 is 17.5 Å². The molecule has 2 saturated carbocycles. The number of amides is 2. The van der Waals surface area contributed by atoms with Gasteiger partial charge in [0.2, 0.25) is 5.91 Å². The van der Waals surface area contributed by atoms with Crippen molar-refractivity contribution in [2.75, 3.05) is 11.9 Å². The summed E-state index contributed by atoms with van der Waals surface area (Å²) in [6.07, 6.45) is 7.99. The summed E-state index contributed by atoms with van der Waals surface area (Å²) in [5.41, 5.74) is 6.42. The monoisotopic (exact) mass is 360 g/mol. The van der Waals surface area contributed by atoms with Crippen molar-refractivity contribution in [3.63, 3.8) is 0 Å². The van der Waals surface area contributed by atoms with Gasteiger partial charge in [0.1, 0.15) is 0 Å². The van der Waals surface area contributed by atoms with Crippen molar-refractivity contribution in [2.24, 2.45) is 11.7 Å². The second-order valence-corrected chi connectivity index (χ2v) is 7.37. The number of ether oxygens (including phenoxy) is 1. The Morgan fingerprint density at radius 3 is 2.73 bits per heavy atom. The van der Waals surface area contributed by atoms with E-state index in [1.54, 1.807) is 6.20 Å².